The van der Waals surface area contributed by atoms with Crippen molar-refractivity contribution in [2.75, 3.05) is 10.8 Å². The number of aryl methyl sites for hydroxylation is 1. The van der Waals surface area contributed by atoms with E-state index in [1.807, 2.05) is 6.92 Å². The van der Waals surface area contributed by atoms with E-state index in [-0.39, 0.29) is 17.0 Å². The first-order chi connectivity index (χ1) is 14.6. The van der Waals surface area contributed by atoms with Crippen LogP contribution in [0.5, 0.6) is 0 Å². The molecule has 0 fully saturated rings. The second kappa shape index (κ2) is 7.67. The van der Waals surface area contributed by atoms with Crippen molar-refractivity contribution >= 4 is 15.7 Å². The lowest BCUT2D eigenvalue weighted by Gasteiger charge is -2.21. The van der Waals surface area contributed by atoms with E-state index in [0.29, 0.717) is 11.3 Å². The molecule has 8 heteroatoms. The fourth-order valence-electron chi connectivity index (χ4n) is 3.81. The summed E-state index contributed by atoms with van der Waals surface area (Å²) in [6.45, 7) is 1.70. The van der Waals surface area contributed by atoms with Crippen molar-refractivity contribution in [1.82, 2.24) is 0 Å². The number of para-hydroxylation sites is 1. The number of rotatable bonds is 4. The smallest absolute Gasteiger partial charge is 0.265 e. The molecule has 0 radical (unpaired) electrons. The van der Waals surface area contributed by atoms with Gasteiger partial charge in [-0.05, 0) is 48.4 Å². The number of nitrogens with zero attached hydrogens (tertiary/aromatic N) is 1. The first kappa shape index (κ1) is 21.4. The fraction of sp³-hybridized carbons (Fsp3) is 0.217. The molecule has 3 aromatic rings. The van der Waals surface area contributed by atoms with Crippen LogP contribution in [0.1, 0.15) is 34.3 Å². The largest absolute Gasteiger partial charge is 0.416 e. The number of sulfonamides is 1. The molecule has 1 aliphatic rings. The van der Waals surface area contributed by atoms with Crippen LogP contribution in [0, 0.1) is 6.92 Å². The third-order valence-electron chi connectivity index (χ3n) is 5.49. The Morgan fingerprint density at radius 2 is 1.55 bits per heavy atom. The minimum atomic E-state index is -4.51. The summed E-state index contributed by atoms with van der Waals surface area (Å²) in [7, 11) is -3.93. The van der Waals surface area contributed by atoms with Crippen LogP contribution in [0.3, 0.4) is 0 Å². The molecule has 0 bridgehead atoms. The van der Waals surface area contributed by atoms with Gasteiger partial charge in [0.05, 0.1) is 16.1 Å². The Bertz CT molecular complexity index is 1190. The Labute approximate surface area is 178 Å². The number of benzene rings is 3. The normalized spacial score (nSPS) is 17.5. The summed E-state index contributed by atoms with van der Waals surface area (Å²) in [6.07, 6.45) is -6.18. The van der Waals surface area contributed by atoms with Gasteiger partial charge in [-0.25, -0.2) is 12.8 Å². The molecular formula is C23H19F4NO2S. The van der Waals surface area contributed by atoms with Gasteiger partial charge >= 0.3 is 6.18 Å². The lowest BCUT2D eigenvalue weighted by atomic mass is 9.91. The molecule has 0 amide bonds. The van der Waals surface area contributed by atoms with Crippen LogP contribution in [-0.4, -0.2) is 15.0 Å². The summed E-state index contributed by atoms with van der Waals surface area (Å²) in [6, 6.07) is 16.9. The first-order valence-electron chi connectivity index (χ1n) is 9.58. The quantitative estimate of drug-likeness (QED) is 0.457. The third-order valence-corrected chi connectivity index (χ3v) is 7.28. The van der Waals surface area contributed by atoms with Crippen molar-refractivity contribution in [3.05, 3.63) is 95.1 Å². The fourth-order valence-corrected chi connectivity index (χ4v) is 5.32. The van der Waals surface area contributed by atoms with E-state index in [9.17, 15) is 21.6 Å². The molecule has 0 aliphatic carbocycles. The topological polar surface area (TPSA) is 37.4 Å². The van der Waals surface area contributed by atoms with Crippen LogP contribution in [0.25, 0.3) is 0 Å². The van der Waals surface area contributed by atoms with Gasteiger partial charge in [-0.1, -0.05) is 48.0 Å². The van der Waals surface area contributed by atoms with Crippen molar-refractivity contribution in [3.63, 3.8) is 0 Å². The van der Waals surface area contributed by atoms with Gasteiger partial charge < -0.3 is 0 Å². The molecule has 0 N–H and O–H groups in total. The molecule has 0 aromatic heterocycles. The van der Waals surface area contributed by atoms with E-state index in [0.717, 1.165) is 29.8 Å². The minimum absolute atomic E-state index is 0.0717. The van der Waals surface area contributed by atoms with E-state index in [1.165, 1.54) is 16.4 Å². The van der Waals surface area contributed by atoms with Crippen molar-refractivity contribution in [2.24, 2.45) is 0 Å². The Balaban J connectivity index is 1.69. The van der Waals surface area contributed by atoms with Gasteiger partial charge in [-0.15, -0.1) is 0 Å². The van der Waals surface area contributed by atoms with E-state index in [2.05, 4.69) is 0 Å². The van der Waals surface area contributed by atoms with Gasteiger partial charge in [0.15, 0.2) is 0 Å². The van der Waals surface area contributed by atoms with Crippen LogP contribution < -0.4 is 4.31 Å². The van der Waals surface area contributed by atoms with E-state index in [4.69, 9.17) is 0 Å². The molecule has 1 heterocycles. The van der Waals surface area contributed by atoms with Crippen molar-refractivity contribution in [3.8, 4) is 0 Å². The van der Waals surface area contributed by atoms with Gasteiger partial charge in [-0.2, -0.15) is 13.2 Å². The molecule has 4 rings (SSSR count). The van der Waals surface area contributed by atoms with E-state index in [1.54, 1.807) is 36.4 Å². The number of alkyl halides is 4. The minimum Gasteiger partial charge on any atom is -0.265 e. The number of halogens is 4. The molecular weight excluding hydrogens is 430 g/mol. The lowest BCUT2D eigenvalue weighted by molar-refractivity contribution is -0.137. The molecule has 1 aliphatic heterocycles. The molecule has 0 saturated carbocycles. The third kappa shape index (κ3) is 3.92. The maximum Gasteiger partial charge on any atom is 0.416 e. The zero-order valence-corrected chi connectivity index (χ0v) is 17.3. The predicted molar refractivity (Wildman–Crippen MR) is 110 cm³/mol. The average Bonchev–Trinajstić information content (AvgIpc) is 3.13. The molecule has 2 unspecified atom stereocenters. The lowest BCUT2D eigenvalue weighted by Crippen LogP contribution is -2.30. The number of hydrogen-bond acceptors (Lipinski definition) is 2. The number of hydrogen-bond donors (Lipinski definition) is 0. The molecule has 162 valence electrons. The van der Waals surface area contributed by atoms with Crippen LogP contribution in [0.15, 0.2) is 77.7 Å². The molecule has 31 heavy (non-hydrogen) atoms. The maximum absolute atomic E-state index is 15.5. The van der Waals surface area contributed by atoms with Gasteiger partial charge in [0.1, 0.15) is 6.17 Å². The molecule has 2 atom stereocenters. The van der Waals surface area contributed by atoms with Gasteiger partial charge in [0, 0.05) is 12.5 Å². The highest BCUT2D eigenvalue weighted by atomic mass is 32.2. The number of fused-ring (bicyclic) bond motifs is 1. The van der Waals surface area contributed by atoms with Crippen molar-refractivity contribution in [1.29, 1.82) is 0 Å². The van der Waals surface area contributed by atoms with Crippen LogP contribution in [-0.2, 0) is 16.2 Å². The highest BCUT2D eigenvalue weighted by molar-refractivity contribution is 7.92. The first-order valence-corrected chi connectivity index (χ1v) is 11.0. The second-order valence-corrected chi connectivity index (χ2v) is 9.40. The zero-order valence-electron chi connectivity index (χ0n) is 16.5. The molecule has 0 spiro atoms. The van der Waals surface area contributed by atoms with Crippen LogP contribution >= 0.6 is 0 Å². The summed E-state index contributed by atoms with van der Waals surface area (Å²) in [5, 5.41) is 0. The Kier molecular flexibility index (Phi) is 5.29. The zero-order chi connectivity index (χ0) is 22.4. The Morgan fingerprint density at radius 1 is 0.935 bits per heavy atom. The van der Waals surface area contributed by atoms with Gasteiger partial charge in [-0.3, -0.25) is 4.31 Å². The van der Waals surface area contributed by atoms with E-state index < -0.39 is 33.9 Å². The molecule has 0 saturated heterocycles. The monoisotopic (exact) mass is 449 g/mol. The van der Waals surface area contributed by atoms with Crippen LogP contribution in [0.2, 0.25) is 0 Å². The predicted octanol–water partition coefficient (Wildman–Crippen LogP) is 6.02. The highest BCUT2D eigenvalue weighted by Crippen LogP contribution is 2.46. The van der Waals surface area contributed by atoms with Gasteiger partial charge in [0.2, 0.25) is 0 Å². The summed E-state index contributed by atoms with van der Waals surface area (Å²) in [4.78, 5) is 0.0958. The molecule has 3 nitrogen and oxygen atoms in total. The van der Waals surface area contributed by atoms with E-state index >= 15 is 4.39 Å². The van der Waals surface area contributed by atoms with Crippen LogP contribution in [0.4, 0.5) is 23.2 Å². The standard InChI is InChI=1S/C23H19F4NO2S/c1-15-6-12-18(13-7-15)31(29,30)28-14-20(19-4-2-3-5-21(19)28)22(24)16-8-10-17(11-9-16)23(25,26)27/h2-13,20,22H,14H2,1H3. The molecule has 3 aromatic carbocycles. The summed E-state index contributed by atoms with van der Waals surface area (Å²) in [5.74, 6) is -0.840. The van der Waals surface area contributed by atoms with Crippen molar-refractivity contribution < 1.29 is 26.0 Å². The van der Waals surface area contributed by atoms with Gasteiger partial charge in [0.25, 0.3) is 10.0 Å². The summed E-state index contributed by atoms with van der Waals surface area (Å²) >= 11 is 0. The SMILES string of the molecule is Cc1ccc(S(=O)(=O)N2CC(C(F)c3ccc(C(F)(F)F)cc3)c3ccccc32)cc1. The number of anilines is 1. The summed E-state index contributed by atoms with van der Waals surface area (Å²) < 4.78 is 81.6. The highest BCUT2D eigenvalue weighted by Gasteiger charge is 2.41. The maximum atomic E-state index is 15.5. The second-order valence-electron chi connectivity index (χ2n) is 7.54. The summed E-state index contributed by atoms with van der Waals surface area (Å²) in [5.41, 5.74) is 0.999. The average molecular weight is 449 g/mol. The Morgan fingerprint density at radius 3 is 2.16 bits per heavy atom. The Hall–Kier alpha value is -2.87. The van der Waals surface area contributed by atoms with Crippen molar-refractivity contribution in [2.45, 2.75) is 30.1 Å².